The van der Waals surface area contributed by atoms with Crippen LogP contribution in [0, 0.1) is 11.8 Å². The van der Waals surface area contributed by atoms with Gasteiger partial charge in [-0.25, -0.2) is 0 Å². The maximum atomic E-state index is 4.28. The van der Waals surface area contributed by atoms with Crippen molar-refractivity contribution in [1.82, 2.24) is 0 Å². The molecular formula is C14H22. The molecule has 0 aromatic carbocycles. The van der Waals surface area contributed by atoms with E-state index in [1.165, 1.54) is 62.5 Å². The monoisotopic (exact) mass is 190 g/mol. The first kappa shape index (κ1) is 10.0. The summed E-state index contributed by atoms with van der Waals surface area (Å²) in [6.45, 7) is 8.56. The van der Waals surface area contributed by atoms with E-state index >= 15 is 0 Å². The van der Waals surface area contributed by atoms with Gasteiger partial charge in [-0.15, -0.1) is 0 Å². The Morgan fingerprint density at radius 3 is 1.21 bits per heavy atom. The highest BCUT2D eigenvalue weighted by Crippen LogP contribution is 2.40. The zero-order valence-electron chi connectivity index (χ0n) is 9.23. The SMILES string of the molecule is C=C(C(=C)C1CCCC1)C1CCCC1. The topological polar surface area (TPSA) is 0 Å². The molecular weight excluding hydrogens is 168 g/mol. The van der Waals surface area contributed by atoms with Gasteiger partial charge in [0, 0.05) is 0 Å². The highest BCUT2D eigenvalue weighted by Gasteiger charge is 2.25. The third kappa shape index (κ3) is 1.94. The van der Waals surface area contributed by atoms with E-state index in [0.717, 1.165) is 11.8 Å². The average Bonchev–Trinajstić information content (AvgIpc) is 2.87. The van der Waals surface area contributed by atoms with E-state index in [4.69, 9.17) is 0 Å². The van der Waals surface area contributed by atoms with Crippen molar-refractivity contribution >= 4 is 0 Å². The Bertz CT molecular complexity index is 198. The van der Waals surface area contributed by atoms with Gasteiger partial charge in [0.25, 0.3) is 0 Å². The Hall–Kier alpha value is -0.520. The largest absolute Gasteiger partial charge is 0.0953 e. The number of rotatable bonds is 3. The van der Waals surface area contributed by atoms with E-state index in [9.17, 15) is 0 Å². The predicted molar refractivity (Wildman–Crippen MR) is 62.2 cm³/mol. The highest BCUT2D eigenvalue weighted by molar-refractivity contribution is 5.31. The van der Waals surface area contributed by atoms with Crippen LogP contribution in [-0.4, -0.2) is 0 Å². The Balaban J connectivity index is 1.92. The molecule has 0 unspecified atom stereocenters. The lowest BCUT2D eigenvalue weighted by Gasteiger charge is -2.20. The molecule has 2 aliphatic rings. The van der Waals surface area contributed by atoms with Crippen molar-refractivity contribution < 1.29 is 0 Å². The molecule has 2 aliphatic carbocycles. The van der Waals surface area contributed by atoms with E-state index in [2.05, 4.69) is 13.2 Å². The fourth-order valence-electron chi connectivity index (χ4n) is 3.07. The van der Waals surface area contributed by atoms with E-state index in [0.29, 0.717) is 0 Å². The van der Waals surface area contributed by atoms with E-state index < -0.39 is 0 Å². The molecule has 0 nitrogen and oxygen atoms in total. The lowest BCUT2D eigenvalue weighted by atomic mass is 9.85. The summed E-state index contributed by atoms with van der Waals surface area (Å²) in [5.41, 5.74) is 2.80. The minimum Gasteiger partial charge on any atom is -0.0953 e. The molecule has 0 N–H and O–H groups in total. The van der Waals surface area contributed by atoms with Gasteiger partial charge in [0.1, 0.15) is 0 Å². The van der Waals surface area contributed by atoms with Crippen molar-refractivity contribution in [2.75, 3.05) is 0 Å². The highest BCUT2D eigenvalue weighted by atomic mass is 14.3. The van der Waals surface area contributed by atoms with Crippen LogP contribution in [0.15, 0.2) is 24.3 Å². The van der Waals surface area contributed by atoms with Crippen LogP contribution in [0.1, 0.15) is 51.4 Å². The van der Waals surface area contributed by atoms with E-state index in [-0.39, 0.29) is 0 Å². The van der Waals surface area contributed by atoms with Gasteiger partial charge < -0.3 is 0 Å². The normalized spacial score (nSPS) is 24.3. The first-order valence-electron chi connectivity index (χ1n) is 6.17. The van der Waals surface area contributed by atoms with Gasteiger partial charge in [0.15, 0.2) is 0 Å². The Labute approximate surface area is 88.1 Å². The molecule has 14 heavy (non-hydrogen) atoms. The standard InChI is InChI=1S/C14H22/c1-11(13-7-3-4-8-13)12(2)14-9-5-6-10-14/h13-14H,1-10H2. The number of allylic oxidation sites excluding steroid dienone is 2. The third-order valence-corrected chi connectivity index (χ3v) is 4.11. The van der Waals surface area contributed by atoms with Crippen molar-refractivity contribution in [1.29, 1.82) is 0 Å². The van der Waals surface area contributed by atoms with Gasteiger partial charge in [-0.1, -0.05) is 38.8 Å². The molecule has 2 fully saturated rings. The predicted octanol–water partition coefficient (Wildman–Crippen LogP) is 4.48. The van der Waals surface area contributed by atoms with Crippen molar-refractivity contribution in [3.63, 3.8) is 0 Å². The number of hydrogen-bond acceptors (Lipinski definition) is 0. The van der Waals surface area contributed by atoms with Crippen LogP contribution in [0.2, 0.25) is 0 Å². The second-order valence-electron chi connectivity index (χ2n) is 5.01. The third-order valence-electron chi connectivity index (χ3n) is 4.11. The summed E-state index contributed by atoms with van der Waals surface area (Å²) >= 11 is 0. The molecule has 0 aromatic rings. The van der Waals surface area contributed by atoms with Crippen molar-refractivity contribution in [3.05, 3.63) is 24.3 Å². The molecule has 0 aromatic heterocycles. The van der Waals surface area contributed by atoms with Crippen LogP contribution in [0.5, 0.6) is 0 Å². The Kier molecular flexibility index (Phi) is 3.10. The van der Waals surface area contributed by atoms with Crippen LogP contribution in [-0.2, 0) is 0 Å². The number of hydrogen-bond donors (Lipinski definition) is 0. The molecule has 2 rings (SSSR count). The van der Waals surface area contributed by atoms with Crippen LogP contribution >= 0.6 is 0 Å². The van der Waals surface area contributed by atoms with Gasteiger partial charge in [0.2, 0.25) is 0 Å². The molecule has 0 heterocycles. The van der Waals surface area contributed by atoms with Gasteiger partial charge in [0.05, 0.1) is 0 Å². The summed E-state index contributed by atoms with van der Waals surface area (Å²) in [6, 6.07) is 0. The second kappa shape index (κ2) is 4.33. The van der Waals surface area contributed by atoms with Crippen LogP contribution in [0.3, 0.4) is 0 Å². The van der Waals surface area contributed by atoms with E-state index in [1.807, 2.05) is 0 Å². The van der Waals surface area contributed by atoms with Crippen molar-refractivity contribution in [2.45, 2.75) is 51.4 Å². The van der Waals surface area contributed by atoms with Crippen molar-refractivity contribution in [2.24, 2.45) is 11.8 Å². The lowest BCUT2D eigenvalue weighted by Crippen LogP contribution is -2.06. The molecule has 78 valence electrons. The lowest BCUT2D eigenvalue weighted by molar-refractivity contribution is 0.590. The molecule has 0 amide bonds. The summed E-state index contributed by atoms with van der Waals surface area (Å²) in [5, 5.41) is 0. The van der Waals surface area contributed by atoms with Crippen molar-refractivity contribution in [3.8, 4) is 0 Å². The summed E-state index contributed by atoms with van der Waals surface area (Å²) in [7, 11) is 0. The molecule has 2 saturated carbocycles. The average molecular weight is 190 g/mol. The minimum absolute atomic E-state index is 0.781. The molecule has 0 bridgehead atoms. The fraction of sp³-hybridized carbons (Fsp3) is 0.714. The van der Waals surface area contributed by atoms with Crippen LogP contribution < -0.4 is 0 Å². The van der Waals surface area contributed by atoms with E-state index in [1.54, 1.807) is 0 Å². The first-order valence-corrected chi connectivity index (χ1v) is 6.17. The van der Waals surface area contributed by atoms with Crippen LogP contribution in [0.4, 0.5) is 0 Å². The molecule has 0 heteroatoms. The fourth-order valence-corrected chi connectivity index (χ4v) is 3.07. The van der Waals surface area contributed by atoms with Gasteiger partial charge in [-0.2, -0.15) is 0 Å². The quantitative estimate of drug-likeness (QED) is 0.576. The Morgan fingerprint density at radius 1 is 0.643 bits per heavy atom. The first-order chi connectivity index (χ1) is 6.79. The molecule has 0 aliphatic heterocycles. The molecule has 0 saturated heterocycles. The maximum absolute atomic E-state index is 4.28. The summed E-state index contributed by atoms with van der Waals surface area (Å²) in [4.78, 5) is 0. The smallest absolute Gasteiger partial charge is 0.0165 e. The second-order valence-corrected chi connectivity index (χ2v) is 5.01. The minimum atomic E-state index is 0.781. The Morgan fingerprint density at radius 2 is 0.929 bits per heavy atom. The molecule has 0 atom stereocenters. The summed E-state index contributed by atoms with van der Waals surface area (Å²) < 4.78 is 0. The maximum Gasteiger partial charge on any atom is -0.0165 e. The van der Waals surface area contributed by atoms with Gasteiger partial charge in [-0.3, -0.25) is 0 Å². The van der Waals surface area contributed by atoms with Gasteiger partial charge in [-0.05, 0) is 48.7 Å². The van der Waals surface area contributed by atoms with Gasteiger partial charge >= 0.3 is 0 Å². The summed E-state index contributed by atoms with van der Waals surface area (Å²) in [5.74, 6) is 1.56. The zero-order valence-corrected chi connectivity index (χ0v) is 9.23. The zero-order chi connectivity index (χ0) is 9.97. The summed E-state index contributed by atoms with van der Waals surface area (Å²) in [6.07, 6.45) is 11.1. The molecule has 0 spiro atoms. The molecule has 0 radical (unpaired) electrons. The van der Waals surface area contributed by atoms with Crippen LogP contribution in [0.25, 0.3) is 0 Å².